The minimum Gasteiger partial charge on any atom is -0.264 e. The molecule has 0 aliphatic heterocycles. The Balaban J connectivity index is 0. The minimum absolute atomic E-state index is 1.21. The van der Waals surface area contributed by atoms with Crippen LogP contribution >= 0.6 is 0 Å². The minimum atomic E-state index is -4.67. The van der Waals surface area contributed by atoms with Crippen LogP contribution in [0.5, 0.6) is 0 Å². The summed E-state index contributed by atoms with van der Waals surface area (Å²) in [4.78, 5) is 0. The Hall–Kier alpha value is -0.390. The summed E-state index contributed by atoms with van der Waals surface area (Å²) in [5.74, 6) is 0. The monoisotopic (exact) mass is 336 g/mol. The summed E-state index contributed by atoms with van der Waals surface area (Å²) in [5, 5.41) is 0. The van der Waals surface area contributed by atoms with Crippen molar-refractivity contribution in [2.24, 2.45) is 0 Å². The Morgan fingerprint density at radius 3 is 1.27 bits per heavy atom. The molecule has 4 nitrogen and oxygen atoms in total. The van der Waals surface area contributed by atoms with Gasteiger partial charge in [-0.2, -0.15) is 8.42 Å². The summed E-state index contributed by atoms with van der Waals surface area (Å²) in [7, 11) is -4.67. The Kier molecular flexibility index (Phi) is 20.2. The van der Waals surface area contributed by atoms with Crippen molar-refractivity contribution in [3.8, 4) is 0 Å². The van der Waals surface area contributed by atoms with Crippen LogP contribution in [0.3, 0.4) is 0 Å². The molecule has 22 heavy (non-hydrogen) atoms. The lowest BCUT2D eigenvalue weighted by Crippen LogP contribution is -1.89. The van der Waals surface area contributed by atoms with Gasteiger partial charge in [-0.05, 0) is 12.8 Å². The second-order valence-electron chi connectivity index (χ2n) is 5.77. The standard InChI is InChI=1S/C17H34.H2O4S/c1-3-5-7-9-11-13-15-17-16-14-12-10-8-6-4-2;1-5(2,3)4/h3H,1,4-17H2,2H3;(H2,1,2,3,4). The van der Waals surface area contributed by atoms with E-state index in [4.69, 9.17) is 17.5 Å². The van der Waals surface area contributed by atoms with Gasteiger partial charge >= 0.3 is 10.4 Å². The maximum Gasteiger partial charge on any atom is 0.394 e. The lowest BCUT2D eigenvalue weighted by Gasteiger charge is -2.02. The van der Waals surface area contributed by atoms with Crippen molar-refractivity contribution < 1.29 is 17.5 Å². The van der Waals surface area contributed by atoms with Crippen LogP contribution in [-0.4, -0.2) is 17.5 Å². The molecule has 0 atom stereocenters. The summed E-state index contributed by atoms with van der Waals surface area (Å²) >= 11 is 0. The topological polar surface area (TPSA) is 74.6 Å². The van der Waals surface area contributed by atoms with E-state index in [2.05, 4.69) is 13.5 Å². The first-order valence-corrected chi connectivity index (χ1v) is 10.1. The number of allylic oxidation sites excluding steroid dienone is 1. The van der Waals surface area contributed by atoms with Crippen LogP contribution in [0.15, 0.2) is 12.7 Å². The summed E-state index contributed by atoms with van der Waals surface area (Å²) < 4.78 is 31.6. The average molecular weight is 337 g/mol. The van der Waals surface area contributed by atoms with Gasteiger partial charge in [0.05, 0.1) is 0 Å². The summed E-state index contributed by atoms with van der Waals surface area (Å²) in [5.41, 5.74) is 0. The average Bonchev–Trinajstić information content (AvgIpc) is 2.42. The first-order chi connectivity index (χ1) is 10.4. The first kappa shape index (κ1) is 23.9. The number of unbranched alkanes of at least 4 members (excludes halogenated alkanes) is 13. The van der Waals surface area contributed by atoms with Crippen LogP contribution in [0.4, 0.5) is 0 Å². The highest BCUT2D eigenvalue weighted by Gasteiger charge is 1.93. The summed E-state index contributed by atoms with van der Waals surface area (Å²) in [6.07, 6.45) is 22.0. The van der Waals surface area contributed by atoms with E-state index < -0.39 is 10.4 Å². The zero-order valence-corrected chi connectivity index (χ0v) is 15.1. The van der Waals surface area contributed by atoms with E-state index in [0.29, 0.717) is 0 Å². The largest absolute Gasteiger partial charge is 0.394 e. The number of hydrogen-bond donors (Lipinski definition) is 2. The molecule has 0 rings (SSSR count). The molecule has 134 valence electrons. The Labute approximate surface area is 138 Å². The molecule has 0 heterocycles. The van der Waals surface area contributed by atoms with E-state index in [-0.39, 0.29) is 0 Å². The number of rotatable bonds is 14. The molecule has 0 aromatic rings. The van der Waals surface area contributed by atoms with E-state index >= 15 is 0 Å². The molecule has 0 aliphatic carbocycles. The smallest absolute Gasteiger partial charge is 0.264 e. The van der Waals surface area contributed by atoms with Crippen LogP contribution < -0.4 is 0 Å². The van der Waals surface area contributed by atoms with Gasteiger partial charge in [-0.3, -0.25) is 9.11 Å². The van der Waals surface area contributed by atoms with Crippen LogP contribution in [0.25, 0.3) is 0 Å². The van der Waals surface area contributed by atoms with E-state index in [1.165, 1.54) is 89.9 Å². The van der Waals surface area contributed by atoms with Gasteiger partial charge in [-0.15, -0.1) is 6.58 Å². The van der Waals surface area contributed by atoms with E-state index in [9.17, 15) is 0 Å². The summed E-state index contributed by atoms with van der Waals surface area (Å²) in [6, 6.07) is 0. The third-order valence-electron chi connectivity index (χ3n) is 3.51. The molecule has 0 fully saturated rings. The van der Waals surface area contributed by atoms with Gasteiger partial charge in [-0.1, -0.05) is 90.0 Å². The molecule has 0 aliphatic rings. The van der Waals surface area contributed by atoms with Gasteiger partial charge in [0.1, 0.15) is 0 Å². The SMILES string of the molecule is C=CCCCCCCCCCCCCCCC.O=S(=O)(O)O. The molecule has 2 N–H and O–H groups in total. The molecular formula is C17H36O4S. The Morgan fingerprint density at radius 2 is 1.00 bits per heavy atom. The zero-order valence-electron chi connectivity index (χ0n) is 14.3. The van der Waals surface area contributed by atoms with Crippen LogP contribution in [0, 0.1) is 0 Å². The second-order valence-corrected chi connectivity index (χ2v) is 6.66. The molecule has 0 radical (unpaired) electrons. The fourth-order valence-corrected chi connectivity index (χ4v) is 2.31. The van der Waals surface area contributed by atoms with E-state index in [1.54, 1.807) is 0 Å². The second kappa shape index (κ2) is 18.7. The fourth-order valence-electron chi connectivity index (χ4n) is 2.31. The summed E-state index contributed by atoms with van der Waals surface area (Å²) in [6.45, 7) is 6.04. The molecule has 0 saturated carbocycles. The Morgan fingerprint density at radius 1 is 0.727 bits per heavy atom. The first-order valence-electron chi connectivity index (χ1n) is 8.72. The molecule has 0 spiro atoms. The van der Waals surface area contributed by atoms with Crippen molar-refractivity contribution >= 4 is 10.4 Å². The van der Waals surface area contributed by atoms with Crippen LogP contribution in [-0.2, 0) is 10.4 Å². The highest BCUT2D eigenvalue weighted by atomic mass is 32.3. The van der Waals surface area contributed by atoms with Crippen molar-refractivity contribution in [1.82, 2.24) is 0 Å². The van der Waals surface area contributed by atoms with Crippen LogP contribution in [0.1, 0.15) is 96.8 Å². The van der Waals surface area contributed by atoms with E-state index in [0.717, 1.165) is 0 Å². The van der Waals surface area contributed by atoms with Crippen molar-refractivity contribution in [1.29, 1.82) is 0 Å². The molecule has 0 bridgehead atoms. The van der Waals surface area contributed by atoms with Gasteiger partial charge in [0.2, 0.25) is 0 Å². The highest BCUT2D eigenvalue weighted by Crippen LogP contribution is 2.12. The van der Waals surface area contributed by atoms with Gasteiger partial charge in [0.25, 0.3) is 0 Å². The maximum atomic E-state index is 8.74. The van der Waals surface area contributed by atoms with Crippen molar-refractivity contribution in [2.45, 2.75) is 96.8 Å². The number of hydrogen-bond acceptors (Lipinski definition) is 2. The normalized spacial score (nSPS) is 10.9. The molecule has 0 saturated heterocycles. The lowest BCUT2D eigenvalue weighted by molar-refractivity contribution is 0.381. The quantitative estimate of drug-likeness (QED) is 0.232. The molecule has 0 amide bonds. The van der Waals surface area contributed by atoms with Gasteiger partial charge in [0.15, 0.2) is 0 Å². The van der Waals surface area contributed by atoms with Crippen molar-refractivity contribution in [2.75, 3.05) is 0 Å². The van der Waals surface area contributed by atoms with E-state index in [1.807, 2.05) is 6.08 Å². The van der Waals surface area contributed by atoms with Gasteiger partial charge in [0, 0.05) is 0 Å². The third kappa shape index (κ3) is 36.7. The highest BCUT2D eigenvalue weighted by molar-refractivity contribution is 7.79. The third-order valence-corrected chi connectivity index (χ3v) is 3.51. The predicted octanol–water partition coefficient (Wildman–Crippen LogP) is 6.00. The van der Waals surface area contributed by atoms with Crippen molar-refractivity contribution in [3.63, 3.8) is 0 Å². The molecule has 0 unspecified atom stereocenters. The van der Waals surface area contributed by atoms with Crippen LogP contribution in [0.2, 0.25) is 0 Å². The maximum absolute atomic E-state index is 8.74. The Bertz CT molecular complexity index is 305. The zero-order chi connectivity index (χ0) is 17.1. The lowest BCUT2D eigenvalue weighted by atomic mass is 10.0. The van der Waals surface area contributed by atoms with Gasteiger partial charge < -0.3 is 0 Å². The molecule has 0 aromatic carbocycles. The van der Waals surface area contributed by atoms with Crippen molar-refractivity contribution in [3.05, 3.63) is 12.7 Å². The molecule has 0 aromatic heterocycles. The fraction of sp³-hybridized carbons (Fsp3) is 0.882. The molecular weight excluding hydrogens is 300 g/mol. The van der Waals surface area contributed by atoms with Gasteiger partial charge in [-0.25, -0.2) is 0 Å². The predicted molar refractivity (Wildman–Crippen MR) is 94.7 cm³/mol. The molecule has 5 heteroatoms.